The molecule has 256 valence electrons. The number of pyridine rings is 3. The van der Waals surface area contributed by atoms with Crippen molar-refractivity contribution < 1.29 is 25.2 Å². The van der Waals surface area contributed by atoms with Crippen LogP contribution in [0.3, 0.4) is 0 Å². The Balaban J connectivity index is 0.00000361. The Kier molecular flexibility index (Phi) is 7.59. The zero-order chi connectivity index (χ0) is 34.9. The van der Waals surface area contributed by atoms with Gasteiger partial charge in [0.2, 0.25) is 0 Å². The Morgan fingerprint density at radius 3 is 1.83 bits per heavy atom. The van der Waals surface area contributed by atoms with Crippen molar-refractivity contribution in [1.29, 1.82) is 0 Å². The number of hydrogen-bond acceptors (Lipinski definition) is 4. The maximum absolute atomic E-state index is 6.61. The Morgan fingerprint density at radius 2 is 1.09 bits per heavy atom. The molecular weight excluding hydrogens is 757 g/mol. The Bertz CT molecular complexity index is 3190. The molecule has 6 aromatic carbocycles. The Morgan fingerprint density at radius 1 is 0.481 bits per heavy atom. The SMILES string of the molecule is [Pd+2].[c-]1c(Oc2[c-]c3c(cc2)c2ncccc2n2c(-c4ccccc4)cnc32)ccc2c1c1nc(-c3ccccc3)c(-c3ccccc3)n1c1ccccc21. The van der Waals surface area contributed by atoms with Crippen LogP contribution in [-0.2, 0) is 20.4 Å². The topological polar surface area (TPSA) is 56.7 Å². The quantitative estimate of drug-likeness (QED) is 0.0991. The van der Waals surface area contributed by atoms with Crippen molar-refractivity contribution in [2.45, 2.75) is 0 Å². The zero-order valence-corrected chi connectivity index (χ0v) is 30.1. The van der Waals surface area contributed by atoms with Gasteiger partial charge in [-0.3, -0.25) is 15.0 Å². The summed E-state index contributed by atoms with van der Waals surface area (Å²) < 4.78 is 11.0. The van der Waals surface area contributed by atoms with E-state index in [4.69, 9.17) is 19.7 Å². The number of ether oxygens (including phenoxy) is 1. The molecule has 5 aromatic heterocycles. The van der Waals surface area contributed by atoms with Crippen molar-refractivity contribution in [1.82, 2.24) is 23.8 Å². The first kappa shape index (κ1) is 32.0. The van der Waals surface area contributed by atoms with Crippen LogP contribution in [-0.4, -0.2) is 23.8 Å². The molecule has 0 fully saturated rings. The second-order valence-corrected chi connectivity index (χ2v) is 13.1. The van der Waals surface area contributed by atoms with E-state index in [1.807, 2.05) is 67.0 Å². The maximum Gasteiger partial charge on any atom is 2.00 e. The first-order valence-electron chi connectivity index (χ1n) is 17.5. The molecule has 0 saturated heterocycles. The molecule has 0 saturated carbocycles. The van der Waals surface area contributed by atoms with Crippen molar-refractivity contribution >= 4 is 54.8 Å². The van der Waals surface area contributed by atoms with Gasteiger partial charge in [0.1, 0.15) is 0 Å². The number of imidazole rings is 2. The van der Waals surface area contributed by atoms with Crippen LogP contribution < -0.4 is 4.74 Å². The van der Waals surface area contributed by atoms with Gasteiger partial charge in [0.25, 0.3) is 0 Å². The van der Waals surface area contributed by atoms with Gasteiger partial charge in [-0.15, -0.1) is 12.1 Å². The summed E-state index contributed by atoms with van der Waals surface area (Å²) in [5, 5.41) is 4.83. The third-order valence-electron chi connectivity index (χ3n) is 10.0. The number of rotatable bonds is 5. The number of hydrogen-bond donors (Lipinski definition) is 0. The van der Waals surface area contributed by atoms with E-state index in [2.05, 4.69) is 118 Å². The van der Waals surface area contributed by atoms with Crippen LogP contribution in [0.4, 0.5) is 0 Å². The fourth-order valence-corrected chi connectivity index (χ4v) is 7.71. The minimum Gasteiger partial charge on any atom is -0.497 e. The molecule has 54 heavy (non-hydrogen) atoms. The summed E-state index contributed by atoms with van der Waals surface area (Å²) in [6.45, 7) is 0. The summed E-state index contributed by atoms with van der Waals surface area (Å²) in [5.74, 6) is 1.13. The Hall–Kier alpha value is -6.65. The van der Waals surface area contributed by atoms with E-state index in [0.717, 1.165) is 88.5 Å². The monoisotopic (exact) mass is 783 g/mol. The standard InChI is InChI=1S/C47H27N5O.Pd/c1-4-13-30(14-5-1)42-29-49-46-39-28-34(23-25-37(39)44-41(51(42)46)21-12-26-48-44)53-33-22-24-35-36-19-10-11-20-40(36)52-45(32-17-8-3-9-18-32)43(31-15-6-2-7-16-31)50-47(52)38(35)27-33;/h1-26,29H;/q-2;+2. The smallest absolute Gasteiger partial charge is 0.497 e. The van der Waals surface area contributed by atoms with Gasteiger partial charge in [-0.2, -0.15) is 0 Å². The van der Waals surface area contributed by atoms with Crippen LogP contribution in [0.1, 0.15) is 0 Å². The normalized spacial score (nSPS) is 11.6. The Labute approximate surface area is 323 Å². The minimum absolute atomic E-state index is 0. The van der Waals surface area contributed by atoms with E-state index >= 15 is 0 Å². The van der Waals surface area contributed by atoms with Crippen molar-refractivity contribution in [3.05, 3.63) is 176 Å². The van der Waals surface area contributed by atoms with E-state index < -0.39 is 0 Å². The molecule has 11 rings (SSSR count). The minimum atomic E-state index is 0. The molecule has 0 unspecified atom stereocenters. The summed E-state index contributed by atoms with van der Waals surface area (Å²) in [7, 11) is 0. The molecule has 0 aliphatic carbocycles. The predicted molar refractivity (Wildman–Crippen MR) is 212 cm³/mol. The average Bonchev–Trinajstić information content (AvgIpc) is 3.86. The molecule has 11 aromatic rings. The van der Waals surface area contributed by atoms with Gasteiger partial charge in [0.05, 0.1) is 39.4 Å². The van der Waals surface area contributed by atoms with Crippen LogP contribution in [0, 0.1) is 12.1 Å². The summed E-state index contributed by atoms with van der Waals surface area (Å²) in [4.78, 5) is 15.1. The number of fused-ring (bicyclic) bond motifs is 12. The van der Waals surface area contributed by atoms with E-state index in [-0.39, 0.29) is 20.4 Å². The number of aromatic nitrogens is 5. The summed E-state index contributed by atoms with van der Waals surface area (Å²) >= 11 is 0. The maximum atomic E-state index is 6.61. The molecule has 5 heterocycles. The number of para-hydroxylation sites is 1. The molecule has 6 nitrogen and oxygen atoms in total. The van der Waals surface area contributed by atoms with Crippen molar-refractivity contribution in [2.24, 2.45) is 0 Å². The van der Waals surface area contributed by atoms with Crippen LogP contribution in [0.2, 0.25) is 0 Å². The summed E-state index contributed by atoms with van der Waals surface area (Å²) in [6, 6.07) is 59.0. The molecule has 0 aliphatic rings. The first-order valence-corrected chi connectivity index (χ1v) is 17.5. The van der Waals surface area contributed by atoms with Crippen LogP contribution in [0.25, 0.3) is 88.5 Å². The van der Waals surface area contributed by atoms with Crippen molar-refractivity contribution in [2.75, 3.05) is 0 Å². The zero-order valence-electron chi connectivity index (χ0n) is 28.5. The summed E-state index contributed by atoms with van der Waals surface area (Å²) in [5.41, 5.74) is 10.7. The molecule has 7 heteroatoms. The van der Waals surface area contributed by atoms with E-state index in [1.54, 1.807) is 0 Å². The molecule has 0 spiro atoms. The van der Waals surface area contributed by atoms with Gasteiger partial charge < -0.3 is 13.5 Å². The van der Waals surface area contributed by atoms with Crippen LogP contribution in [0.5, 0.6) is 11.5 Å². The van der Waals surface area contributed by atoms with Gasteiger partial charge in [-0.1, -0.05) is 155 Å². The molecule has 0 atom stereocenters. The summed E-state index contributed by atoms with van der Waals surface area (Å²) in [6.07, 6.45) is 3.75. The third-order valence-corrected chi connectivity index (χ3v) is 10.0. The molecule has 0 radical (unpaired) electrons. The molecule has 0 aliphatic heterocycles. The van der Waals surface area contributed by atoms with E-state index in [0.29, 0.717) is 11.5 Å². The van der Waals surface area contributed by atoms with E-state index in [1.165, 1.54) is 0 Å². The molecule has 0 N–H and O–H groups in total. The molecule has 0 amide bonds. The second kappa shape index (κ2) is 12.8. The first-order chi connectivity index (χ1) is 26.3. The van der Waals surface area contributed by atoms with Gasteiger partial charge in [0.15, 0.2) is 0 Å². The average molecular weight is 784 g/mol. The van der Waals surface area contributed by atoms with E-state index in [9.17, 15) is 0 Å². The van der Waals surface area contributed by atoms with Gasteiger partial charge in [0, 0.05) is 35.0 Å². The van der Waals surface area contributed by atoms with Crippen LogP contribution >= 0.6 is 0 Å². The van der Waals surface area contributed by atoms with Crippen LogP contribution in [0.15, 0.2) is 164 Å². The number of benzene rings is 6. The second-order valence-electron chi connectivity index (χ2n) is 13.1. The molecular formula is C47H27N5OPd. The van der Waals surface area contributed by atoms with Crippen molar-refractivity contribution in [3.63, 3.8) is 0 Å². The van der Waals surface area contributed by atoms with Gasteiger partial charge in [-0.05, 0) is 34.7 Å². The number of nitrogens with zero attached hydrogens (tertiary/aromatic N) is 5. The fraction of sp³-hybridized carbons (Fsp3) is 0. The molecule has 0 bridgehead atoms. The van der Waals surface area contributed by atoms with Gasteiger partial charge in [-0.25, -0.2) is 0 Å². The predicted octanol–water partition coefficient (Wildman–Crippen LogP) is 11.4. The van der Waals surface area contributed by atoms with Gasteiger partial charge >= 0.3 is 20.4 Å². The third kappa shape index (κ3) is 4.94. The van der Waals surface area contributed by atoms with Crippen molar-refractivity contribution in [3.8, 4) is 45.3 Å². The largest absolute Gasteiger partial charge is 2.00 e. The fourth-order valence-electron chi connectivity index (χ4n) is 7.71.